The van der Waals surface area contributed by atoms with Gasteiger partial charge >= 0.3 is 0 Å². The molecule has 1 amide bonds. The summed E-state index contributed by atoms with van der Waals surface area (Å²) in [6.07, 6.45) is 10.6. The van der Waals surface area contributed by atoms with E-state index >= 15 is 0 Å². The van der Waals surface area contributed by atoms with Gasteiger partial charge in [0.15, 0.2) is 0 Å². The van der Waals surface area contributed by atoms with Gasteiger partial charge in [-0.1, -0.05) is 32.1 Å². The van der Waals surface area contributed by atoms with E-state index in [0.717, 1.165) is 18.8 Å². The molecule has 0 aromatic rings. The number of nitrogens with one attached hydrogen (secondary N) is 1. The number of aliphatic hydroxyl groups is 1. The number of aliphatic hydroxyl groups excluding tert-OH is 1. The second kappa shape index (κ2) is 11.2. The number of carbonyl (C=O) groups is 1. The Labute approximate surface area is 116 Å². The summed E-state index contributed by atoms with van der Waals surface area (Å²) in [4.78, 5) is 11.6. The van der Waals surface area contributed by atoms with Crippen molar-refractivity contribution in [3.63, 3.8) is 0 Å². The van der Waals surface area contributed by atoms with Gasteiger partial charge in [0, 0.05) is 19.6 Å². The van der Waals surface area contributed by atoms with Gasteiger partial charge in [-0.15, -0.1) is 0 Å². The Bertz CT molecular complexity index is 227. The smallest absolute Gasteiger partial charge is 0.219 e. The number of ether oxygens (including phenoxy) is 1. The van der Waals surface area contributed by atoms with Crippen LogP contribution < -0.4 is 5.32 Å². The van der Waals surface area contributed by atoms with Crippen LogP contribution >= 0.6 is 0 Å². The van der Waals surface area contributed by atoms with Crippen molar-refractivity contribution >= 4 is 5.91 Å². The predicted octanol–water partition coefficient (Wildman–Crippen LogP) is 2.25. The Kier molecular flexibility index (Phi) is 9.72. The lowest BCUT2D eigenvalue weighted by atomic mass is 9.86. The van der Waals surface area contributed by atoms with E-state index in [4.69, 9.17) is 9.84 Å². The molecule has 0 heterocycles. The zero-order valence-corrected chi connectivity index (χ0v) is 12.0. The molecule has 1 aliphatic carbocycles. The molecule has 4 heteroatoms. The van der Waals surface area contributed by atoms with E-state index < -0.39 is 0 Å². The fourth-order valence-corrected chi connectivity index (χ4v) is 2.68. The van der Waals surface area contributed by atoms with Gasteiger partial charge in [0.25, 0.3) is 0 Å². The summed E-state index contributed by atoms with van der Waals surface area (Å²) in [6, 6.07) is 0. The molecular weight excluding hydrogens is 242 g/mol. The van der Waals surface area contributed by atoms with E-state index in [1.54, 1.807) is 0 Å². The number of hydrogen-bond donors (Lipinski definition) is 2. The highest BCUT2D eigenvalue weighted by atomic mass is 16.5. The van der Waals surface area contributed by atoms with Gasteiger partial charge in [0.2, 0.25) is 5.91 Å². The maximum Gasteiger partial charge on any atom is 0.219 e. The number of carbonyl (C=O) groups excluding carboxylic acids is 1. The minimum Gasteiger partial charge on any atom is -0.394 e. The normalized spacial score (nSPS) is 16.5. The molecule has 1 rings (SSSR count). The van der Waals surface area contributed by atoms with Crippen LogP contribution in [-0.4, -0.2) is 37.4 Å². The molecule has 1 fully saturated rings. The Balaban J connectivity index is 1.87. The van der Waals surface area contributed by atoms with Crippen LogP contribution in [-0.2, 0) is 9.53 Å². The van der Waals surface area contributed by atoms with E-state index in [9.17, 15) is 4.79 Å². The monoisotopic (exact) mass is 271 g/mol. The van der Waals surface area contributed by atoms with Crippen molar-refractivity contribution in [2.24, 2.45) is 5.92 Å². The zero-order chi connectivity index (χ0) is 13.8. The van der Waals surface area contributed by atoms with Crippen molar-refractivity contribution in [1.29, 1.82) is 0 Å². The van der Waals surface area contributed by atoms with E-state index in [1.165, 1.54) is 38.5 Å². The molecule has 0 unspecified atom stereocenters. The summed E-state index contributed by atoms with van der Waals surface area (Å²) < 4.78 is 5.12. The Morgan fingerprint density at radius 1 is 1.16 bits per heavy atom. The molecule has 0 saturated heterocycles. The van der Waals surface area contributed by atoms with Crippen LogP contribution in [0.2, 0.25) is 0 Å². The Morgan fingerprint density at radius 2 is 1.95 bits per heavy atom. The molecule has 0 bridgehead atoms. The first-order valence-corrected chi connectivity index (χ1v) is 7.78. The summed E-state index contributed by atoms with van der Waals surface area (Å²) in [5.41, 5.74) is 0. The van der Waals surface area contributed by atoms with Crippen molar-refractivity contribution in [2.75, 3.05) is 26.4 Å². The van der Waals surface area contributed by atoms with Gasteiger partial charge in [0.05, 0.1) is 13.2 Å². The highest BCUT2D eigenvalue weighted by molar-refractivity contribution is 5.75. The molecule has 1 saturated carbocycles. The van der Waals surface area contributed by atoms with Crippen LogP contribution in [0.4, 0.5) is 0 Å². The lowest BCUT2D eigenvalue weighted by Gasteiger charge is -2.21. The van der Waals surface area contributed by atoms with Gasteiger partial charge in [-0.2, -0.15) is 0 Å². The van der Waals surface area contributed by atoms with E-state index in [2.05, 4.69) is 5.32 Å². The SMILES string of the molecule is O=C(CCCC1CCCCC1)NCCCOCCO. The highest BCUT2D eigenvalue weighted by Crippen LogP contribution is 2.27. The number of hydrogen-bond acceptors (Lipinski definition) is 3. The second-order valence-electron chi connectivity index (χ2n) is 5.44. The van der Waals surface area contributed by atoms with Crippen LogP contribution in [0.25, 0.3) is 0 Å². The molecule has 0 radical (unpaired) electrons. The Morgan fingerprint density at radius 3 is 2.68 bits per heavy atom. The average molecular weight is 271 g/mol. The third kappa shape index (κ3) is 9.00. The van der Waals surface area contributed by atoms with Crippen molar-refractivity contribution in [2.45, 2.75) is 57.8 Å². The highest BCUT2D eigenvalue weighted by Gasteiger charge is 2.13. The van der Waals surface area contributed by atoms with Gasteiger partial charge in [0.1, 0.15) is 0 Å². The minimum atomic E-state index is 0.0630. The molecule has 0 aromatic heterocycles. The number of amides is 1. The molecular formula is C15H29NO3. The minimum absolute atomic E-state index is 0.0630. The molecule has 112 valence electrons. The lowest BCUT2D eigenvalue weighted by Crippen LogP contribution is -2.25. The molecule has 0 aliphatic heterocycles. The third-order valence-corrected chi connectivity index (χ3v) is 3.76. The largest absolute Gasteiger partial charge is 0.394 e. The lowest BCUT2D eigenvalue weighted by molar-refractivity contribution is -0.121. The fraction of sp³-hybridized carbons (Fsp3) is 0.933. The maximum absolute atomic E-state index is 11.6. The van der Waals surface area contributed by atoms with Crippen LogP contribution in [0.5, 0.6) is 0 Å². The predicted molar refractivity (Wildman–Crippen MR) is 76.0 cm³/mol. The molecule has 0 aromatic carbocycles. The summed E-state index contributed by atoms with van der Waals surface area (Å²) in [7, 11) is 0. The Hall–Kier alpha value is -0.610. The first-order chi connectivity index (χ1) is 9.33. The summed E-state index contributed by atoms with van der Waals surface area (Å²) >= 11 is 0. The van der Waals surface area contributed by atoms with Crippen molar-refractivity contribution in [3.8, 4) is 0 Å². The summed E-state index contributed by atoms with van der Waals surface area (Å²) in [5.74, 6) is 1.03. The fourth-order valence-electron chi connectivity index (χ4n) is 2.68. The molecule has 4 nitrogen and oxygen atoms in total. The van der Waals surface area contributed by atoms with Gasteiger partial charge in [-0.25, -0.2) is 0 Å². The standard InChI is InChI=1S/C15H29NO3/c17-11-13-19-12-5-10-16-15(18)9-4-8-14-6-2-1-3-7-14/h14,17H,1-13H2,(H,16,18). The van der Waals surface area contributed by atoms with Crippen molar-refractivity contribution < 1.29 is 14.6 Å². The topological polar surface area (TPSA) is 58.6 Å². The van der Waals surface area contributed by atoms with Crippen LogP contribution in [0.3, 0.4) is 0 Å². The van der Waals surface area contributed by atoms with Gasteiger partial charge in [-0.3, -0.25) is 4.79 Å². The molecule has 2 N–H and O–H groups in total. The first kappa shape index (κ1) is 16.4. The van der Waals surface area contributed by atoms with Crippen LogP contribution in [0, 0.1) is 5.92 Å². The van der Waals surface area contributed by atoms with Crippen molar-refractivity contribution in [1.82, 2.24) is 5.32 Å². The van der Waals surface area contributed by atoms with Gasteiger partial charge < -0.3 is 15.2 Å². The van der Waals surface area contributed by atoms with E-state index in [0.29, 0.717) is 26.2 Å². The third-order valence-electron chi connectivity index (χ3n) is 3.76. The molecule has 19 heavy (non-hydrogen) atoms. The molecule has 0 spiro atoms. The van der Waals surface area contributed by atoms with Crippen molar-refractivity contribution in [3.05, 3.63) is 0 Å². The maximum atomic E-state index is 11.6. The van der Waals surface area contributed by atoms with Gasteiger partial charge in [-0.05, 0) is 25.2 Å². The molecule has 0 atom stereocenters. The molecule has 1 aliphatic rings. The zero-order valence-electron chi connectivity index (χ0n) is 12.0. The second-order valence-corrected chi connectivity index (χ2v) is 5.44. The number of rotatable bonds is 10. The van der Waals surface area contributed by atoms with E-state index in [-0.39, 0.29) is 12.5 Å². The summed E-state index contributed by atoms with van der Waals surface area (Å²) in [5, 5.41) is 11.4. The van der Waals surface area contributed by atoms with Crippen LogP contribution in [0.1, 0.15) is 57.8 Å². The van der Waals surface area contributed by atoms with Crippen LogP contribution in [0.15, 0.2) is 0 Å². The average Bonchev–Trinajstić information content (AvgIpc) is 2.44. The summed E-state index contributed by atoms with van der Waals surface area (Å²) in [6.45, 7) is 1.72. The van der Waals surface area contributed by atoms with E-state index in [1.807, 2.05) is 0 Å². The first-order valence-electron chi connectivity index (χ1n) is 7.78. The quantitative estimate of drug-likeness (QED) is 0.599.